The molecule has 2 aromatic rings. The van der Waals surface area contributed by atoms with Gasteiger partial charge in [-0.1, -0.05) is 22.0 Å². The lowest BCUT2D eigenvalue weighted by atomic mass is 9.91. The smallest absolute Gasteiger partial charge is 0.306 e. The summed E-state index contributed by atoms with van der Waals surface area (Å²) in [6.07, 6.45) is 1.20. The number of nitrogens with zero attached hydrogens (tertiary/aromatic N) is 1. The lowest BCUT2D eigenvalue weighted by molar-refractivity contribution is -0.143. The highest BCUT2D eigenvalue weighted by Crippen LogP contribution is 2.43. The van der Waals surface area contributed by atoms with E-state index in [-0.39, 0.29) is 12.0 Å². The number of carbonyl (C=O) groups is 1. The highest BCUT2D eigenvalue weighted by atomic mass is 79.9. The van der Waals surface area contributed by atoms with Crippen molar-refractivity contribution < 1.29 is 28.8 Å². The summed E-state index contributed by atoms with van der Waals surface area (Å²) >= 11 is 3.70. The number of methoxy groups -OCH3 is 4. The van der Waals surface area contributed by atoms with Gasteiger partial charge in [0.2, 0.25) is 0 Å². The van der Waals surface area contributed by atoms with Gasteiger partial charge in [-0.05, 0) is 61.3 Å². The molecule has 1 N–H and O–H groups in total. The number of piperidine rings is 1. The fourth-order valence-corrected chi connectivity index (χ4v) is 4.63. The van der Waals surface area contributed by atoms with E-state index in [1.165, 1.54) is 0 Å². The predicted molar refractivity (Wildman–Crippen MR) is 121 cm³/mol. The molecule has 1 aliphatic heterocycles. The van der Waals surface area contributed by atoms with Gasteiger partial charge in [0, 0.05) is 4.47 Å². The molecule has 8 heteroatoms. The summed E-state index contributed by atoms with van der Waals surface area (Å²) in [7, 11) is 6.43. The average Bonchev–Trinajstić information content (AvgIpc) is 2.80. The number of carboxylic acids is 1. The van der Waals surface area contributed by atoms with E-state index in [0.717, 1.165) is 15.6 Å². The second-order valence-corrected chi connectivity index (χ2v) is 8.25. The second kappa shape index (κ2) is 10.2. The summed E-state index contributed by atoms with van der Waals surface area (Å²) in [5, 5.41) is 9.41. The standard InChI is InChI=1S/C23H28BrNO6/c1-28-18-6-5-15(11-19(18)29-2)22(25-9-7-14(8-10-25)23(26)27)16-12-20(30-3)21(31-4)13-17(16)24/h5-6,11-14,22H,7-10H2,1-4H3,(H,26,27). The van der Waals surface area contributed by atoms with Gasteiger partial charge in [-0.15, -0.1) is 0 Å². The number of benzene rings is 2. The van der Waals surface area contributed by atoms with Crippen molar-refractivity contribution in [3.8, 4) is 23.0 Å². The van der Waals surface area contributed by atoms with Gasteiger partial charge in [-0.2, -0.15) is 0 Å². The Hall–Kier alpha value is -2.45. The molecule has 0 aromatic heterocycles. The monoisotopic (exact) mass is 493 g/mol. The van der Waals surface area contributed by atoms with Crippen LogP contribution in [-0.4, -0.2) is 57.5 Å². The van der Waals surface area contributed by atoms with Crippen LogP contribution in [0.2, 0.25) is 0 Å². The normalized spacial score (nSPS) is 15.9. The number of hydrogen-bond acceptors (Lipinski definition) is 6. The molecule has 1 heterocycles. The first kappa shape index (κ1) is 23.2. The number of rotatable bonds is 8. The molecule has 0 amide bonds. The van der Waals surface area contributed by atoms with Crippen molar-refractivity contribution >= 4 is 21.9 Å². The number of likely N-dealkylation sites (tertiary alicyclic amines) is 1. The summed E-state index contributed by atoms with van der Waals surface area (Å²) in [4.78, 5) is 13.7. The van der Waals surface area contributed by atoms with Crippen LogP contribution in [0.3, 0.4) is 0 Å². The Kier molecular flexibility index (Phi) is 7.67. The van der Waals surface area contributed by atoms with Crippen LogP contribution in [0.15, 0.2) is 34.8 Å². The van der Waals surface area contributed by atoms with Crippen molar-refractivity contribution in [3.63, 3.8) is 0 Å². The molecule has 31 heavy (non-hydrogen) atoms. The van der Waals surface area contributed by atoms with E-state index in [9.17, 15) is 9.90 Å². The van der Waals surface area contributed by atoms with E-state index in [1.807, 2.05) is 30.3 Å². The number of halogens is 1. The maximum Gasteiger partial charge on any atom is 0.306 e. The minimum atomic E-state index is -0.727. The highest BCUT2D eigenvalue weighted by molar-refractivity contribution is 9.10. The van der Waals surface area contributed by atoms with Crippen molar-refractivity contribution in [3.05, 3.63) is 45.9 Å². The van der Waals surface area contributed by atoms with Gasteiger partial charge in [-0.3, -0.25) is 9.69 Å². The van der Waals surface area contributed by atoms with Crippen LogP contribution in [0, 0.1) is 5.92 Å². The van der Waals surface area contributed by atoms with Gasteiger partial charge in [-0.25, -0.2) is 0 Å². The lowest BCUT2D eigenvalue weighted by Gasteiger charge is -2.37. The summed E-state index contributed by atoms with van der Waals surface area (Å²) in [5.74, 6) is 1.52. The molecular formula is C23H28BrNO6. The first-order chi connectivity index (χ1) is 14.9. The molecule has 2 aromatic carbocycles. The molecule has 1 aliphatic rings. The maximum atomic E-state index is 11.4. The molecule has 1 fully saturated rings. The molecule has 3 rings (SSSR count). The van der Waals surface area contributed by atoms with E-state index in [0.29, 0.717) is 48.9 Å². The Labute approximate surface area is 191 Å². The molecule has 0 spiro atoms. The van der Waals surface area contributed by atoms with Crippen LogP contribution in [0.5, 0.6) is 23.0 Å². The van der Waals surface area contributed by atoms with E-state index >= 15 is 0 Å². The summed E-state index contributed by atoms with van der Waals surface area (Å²) in [6.45, 7) is 1.33. The third-order valence-corrected chi connectivity index (χ3v) is 6.45. The molecule has 0 saturated carbocycles. The van der Waals surface area contributed by atoms with E-state index < -0.39 is 5.97 Å². The van der Waals surface area contributed by atoms with E-state index in [4.69, 9.17) is 18.9 Å². The van der Waals surface area contributed by atoms with Gasteiger partial charge >= 0.3 is 5.97 Å². The Morgan fingerprint density at radius 1 is 0.935 bits per heavy atom. The van der Waals surface area contributed by atoms with Gasteiger partial charge in [0.15, 0.2) is 23.0 Å². The molecule has 0 radical (unpaired) electrons. The zero-order chi connectivity index (χ0) is 22.5. The van der Waals surface area contributed by atoms with Crippen LogP contribution in [0.1, 0.15) is 30.0 Å². The number of hydrogen-bond donors (Lipinski definition) is 1. The fourth-order valence-electron chi connectivity index (χ4n) is 4.09. The molecule has 0 bridgehead atoms. The van der Waals surface area contributed by atoms with Crippen molar-refractivity contribution in [2.45, 2.75) is 18.9 Å². The van der Waals surface area contributed by atoms with Crippen LogP contribution in [0.4, 0.5) is 0 Å². The SMILES string of the molecule is COc1ccc(C(c2cc(OC)c(OC)cc2Br)N2CCC(C(=O)O)CC2)cc1OC. The Balaban J connectivity index is 2.09. The van der Waals surface area contributed by atoms with Gasteiger partial charge in [0.05, 0.1) is 40.4 Å². The van der Waals surface area contributed by atoms with Crippen LogP contribution in [0.25, 0.3) is 0 Å². The topological polar surface area (TPSA) is 77.5 Å². The van der Waals surface area contributed by atoms with Crippen molar-refractivity contribution in [2.24, 2.45) is 5.92 Å². The summed E-state index contributed by atoms with van der Waals surface area (Å²) in [6, 6.07) is 9.59. The van der Waals surface area contributed by atoms with E-state index in [1.54, 1.807) is 28.4 Å². The largest absolute Gasteiger partial charge is 0.493 e. The fraction of sp³-hybridized carbons (Fsp3) is 0.435. The van der Waals surface area contributed by atoms with Crippen LogP contribution < -0.4 is 18.9 Å². The molecule has 0 aliphatic carbocycles. The van der Waals surface area contributed by atoms with Gasteiger partial charge in [0.1, 0.15) is 0 Å². The first-order valence-electron chi connectivity index (χ1n) is 10.0. The Bertz CT molecular complexity index is 927. The van der Waals surface area contributed by atoms with Crippen molar-refractivity contribution in [1.29, 1.82) is 0 Å². The summed E-state index contributed by atoms with van der Waals surface area (Å²) in [5.41, 5.74) is 2.01. The predicted octanol–water partition coefficient (Wildman–Crippen LogP) is 4.37. The zero-order valence-corrected chi connectivity index (χ0v) is 19.8. The number of ether oxygens (including phenoxy) is 4. The van der Waals surface area contributed by atoms with Crippen LogP contribution in [-0.2, 0) is 4.79 Å². The highest BCUT2D eigenvalue weighted by Gasteiger charge is 2.32. The van der Waals surface area contributed by atoms with Crippen molar-refractivity contribution in [2.75, 3.05) is 41.5 Å². The summed E-state index contributed by atoms with van der Waals surface area (Å²) < 4.78 is 22.8. The molecular weight excluding hydrogens is 466 g/mol. The Morgan fingerprint density at radius 3 is 2.03 bits per heavy atom. The molecule has 168 valence electrons. The minimum Gasteiger partial charge on any atom is -0.493 e. The quantitative estimate of drug-likeness (QED) is 0.584. The Morgan fingerprint density at radius 2 is 1.48 bits per heavy atom. The first-order valence-corrected chi connectivity index (χ1v) is 10.8. The second-order valence-electron chi connectivity index (χ2n) is 7.39. The molecule has 7 nitrogen and oxygen atoms in total. The number of carboxylic acid groups (broad SMARTS) is 1. The minimum absolute atomic E-state index is 0.135. The lowest BCUT2D eigenvalue weighted by Crippen LogP contribution is -2.39. The third kappa shape index (κ3) is 4.91. The zero-order valence-electron chi connectivity index (χ0n) is 18.2. The van der Waals surface area contributed by atoms with E-state index in [2.05, 4.69) is 20.8 Å². The average molecular weight is 494 g/mol. The third-order valence-electron chi connectivity index (χ3n) is 5.76. The van der Waals surface area contributed by atoms with Gasteiger partial charge < -0.3 is 24.1 Å². The van der Waals surface area contributed by atoms with Crippen LogP contribution >= 0.6 is 15.9 Å². The molecule has 1 saturated heterocycles. The maximum absolute atomic E-state index is 11.4. The van der Waals surface area contributed by atoms with Gasteiger partial charge in [0.25, 0.3) is 0 Å². The molecule has 1 atom stereocenters. The molecule has 1 unspecified atom stereocenters. The van der Waals surface area contributed by atoms with Crippen molar-refractivity contribution in [1.82, 2.24) is 4.90 Å². The number of aliphatic carboxylic acids is 1.